The Balaban J connectivity index is 1.62. The average molecular weight is 1060 g/mol. The van der Waals surface area contributed by atoms with Crippen molar-refractivity contribution in [1.29, 1.82) is 0 Å². The molecule has 7 N–H and O–H groups in total. The Morgan fingerprint density at radius 2 is 1.57 bits per heavy atom. The first kappa shape index (κ1) is 60.7. The van der Waals surface area contributed by atoms with E-state index in [0.717, 1.165) is 0 Å². The number of aromatic hydroxyl groups is 2. The van der Waals surface area contributed by atoms with Gasteiger partial charge in [0.05, 0.1) is 53.1 Å². The molecule has 72 heavy (non-hydrogen) atoms. The quantitative estimate of drug-likeness (QED) is 0.0655. The Morgan fingerprint density at radius 3 is 2.17 bits per heavy atom. The van der Waals surface area contributed by atoms with E-state index in [-0.39, 0.29) is 35.4 Å². The number of aliphatic hydroxyl groups is 5. The van der Waals surface area contributed by atoms with Crippen LogP contribution in [0.15, 0.2) is 58.7 Å². The predicted octanol–water partition coefficient (Wildman–Crippen LogP) is 6.23. The average Bonchev–Trinajstić information content (AvgIpc) is 3.32. The van der Waals surface area contributed by atoms with E-state index in [1.807, 2.05) is 32.9 Å². The fourth-order valence-corrected chi connectivity index (χ4v) is 9.08. The lowest BCUT2D eigenvalue weighted by Crippen LogP contribution is -2.64. The van der Waals surface area contributed by atoms with Gasteiger partial charge in [0.2, 0.25) is 0 Å². The van der Waals surface area contributed by atoms with Gasteiger partial charge in [0, 0.05) is 19.4 Å². The highest BCUT2D eigenvalue weighted by molar-refractivity contribution is 6.39. The maximum absolute atomic E-state index is 14.0. The third-order valence-electron chi connectivity index (χ3n) is 13.0. The molecule has 0 bridgehead atoms. The van der Waals surface area contributed by atoms with Crippen LogP contribution in [0.2, 0.25) is 10.0 Å². The number of phenols is 2. The maximum Gasteiger partial charge on any atom is 0.342 e. The third-order valence-corrected chi connectivity index (χ3v) is 13.8. The van der Waals surface area contributed by atoms with E-state index >= 15 is 0 Å². The van der Waals surface area contributed by atoms with Crippen LogP contribution < -0.4 is 0 Å². The van der Waals surface area contributed by atoms with Crippen molar-refractivity contribution in [3.05, 3.63) is 79.9 Å². The van der Waals surface area contributed by atoms with Crippen LogP contribution >= 0.6 is 23.2 Å². The molecular formula is C52H74Cl2O18. The molecule has 2 saturated heterocycles. The SMILES string of the molecule is CCc1c(Cl)c(O)c(Cl)c(O)c1C(=O)OC1C(C)OC(OC/C2=C/C=C\CC(O)/C(C)=C\C(CC)C(OC3OC(C)(C)C(O)C(OC(=O)C(C)C)C3O)/C(C)=C\C(C)=C/CC(C(C)O)OC2=O)C(OC)C1O. The zero-order valence-corrected chi connectivity index (χ0v) is 44.5. The summed E-state index contributed by atoms with van der Waals surface area (Å²) in [5, 5.41) is 76.5. The molecule has 4 rings (SSSR count). The highest BCUT2D eigenvalue weighted by Crippen LogP contribution is 2.45. The summed E-state index contributed by atoms with van der Waals surface area (Å²) < 4.78 is 47.5. The van der Waals surface area contributed by atoms with E-state index in [4.69, 9.17) is 61.1 Å². The second kappa shape index (κ2) is 26.5. The van der Waals surface area contributed by atoms with Crippen molar-refractivity contribution in [2.75, 3.05) is 13.7 Å². The van der Waals surface area contributed by atoms with Crippen molar-refractivity contribution < 1.29 is 88.0 Å². The van der Waals surface area contributed by atoms with Gasteiger partial charge in [-0.05, 0) is 90.5 Å². The molecule has 20 heteroatoms. The smallest absolute Gasteiger partial charge is 0.342 e. The normalized spacial score (nSPS) is 34.8. The maximum atomic E-state index is 14.0. The summed E-state index contributed by atoms with van der Waals surface area (Å²) in [7, 11) is 1.26. The third kappa shape index (κ3) is 14.7. The lowest BCUT2D eigenvalue weighted by molar-refractivity contribution is -0.333. The second-order valence-electron chi connectivity index (χ2n) is 19.4. The van der Waals surface area contributed by atoms with Gasteiger partial charge < -0.3 is 73.6 Å². The molecule has 0 aliphatic carbocycles. The van der Waals surface area contributed by atoms with Crippen LogP contribution in [0.5, 0.6) is 11.5 Å². The molecule has 14 unspecified atom stereocenters. The fraction of sp³-hybridized carbons (Fsp3) is 0.635. The van der Waals surface area contributed by atoms with Gasteiger partial charge in [-0.1, -0.05) is 86.9 Å². The van der Waals surface area contributed by atoms with Gasteiger partial charge in [-0.2, -0.15) is 0 Å². The first-order valence-corrected chi connectivity index (χ1v) is 24.9. The molecule has 2 fully saturated rings. The zero-order valence-electron chi connectivity index (χ0n) is 43.0. The molecule has 0 radical (unpaired) electrons. The van der Waals surface area contributed by atoms with Crippen LogP contribution in [0.25, 0.3) is 0 Å². The standard InChI is InChI=1S/C52H74Cl2O18/c1-13-30-22-26(6)33(56)18-16-15-17-31(23-66-51-45(65-12)40(59)43(29(9)67-51)69-49(64)35-32(14-2)36(53)39(58)37(54)38(35)57)48(63)68-34(28(8)55)20-19-25(5)21-27(7)42(30)71-50-41(60)44(70-47(62)24(3)4)46(61)52(10,11)72-50/h15-17,19,21-22,24,28-30,33-34,40-46,50-51,55-61H,13-14,18,20,23H2,1-12H3/b16-15-,25-19-,26-22-,27-21-,31-17-. The minimum absolute atomic E-state index is 0.0379. The van der Waals surface area contributed by atoms with E-state index in [1.165, 1.54) is 33.1 Å². The van der Waals surface area contributed by atoms with Crippen molar-refractivity contribution in [1.82, 2.24) is 0 Å². The Hall–Kier alpha value is -3.89. The number of methoxy groups -OCH3 is 1. The molecule has 0 amide bonds. The lowest BCUT2D eigenvalue weighted by Gasteiger charge is -2.47. The van der Waals surface area contributed by atoms with E-state index in [0.29, 0.717) is 23.1 Å². The number of ether oxygens (including phenoxy) is 8. The van der Waals surface area contributed by atoms with Gasteiger partial charge in [-0.15, -0.1) is 0 Å². The van der Waals surface area contributed by atoms with Crippen molar-refractivity contribution in [2.45, 2.75) is 187 Å². The number of rotatable bonds is 13. The Kier molecular flexibility index (Phi) is 22.4. The van der Waals surface area contributed by atoms with Gasteiger partial charge in [-0.3, -0.25) is 4.79 Å². The van der Waals surface area contributed by atoms with Crippen molar-refractivity contribution >= 4 is 41.1 Å². The summed E-state index contributed by atoms with van der Waals surface area (Å²) in [6.07, 6.45) is -5.43. The molecular weight excluding hydrogens is 983 g/mol. The second-order valence-corrected chi connectivity index (χ2v) is 20.1. The number of esters is 3. The number of cyclic esters (lactones) is 1. The molecule has 0 aromatic heterocycles. The minimum atomic E-state index is -1.57. The van der Waals surface area contributed by atoms with Gasteiger partial charge >= 0.3 is 17.9 Å². The predicted molar refractivity (Wildman–Crippen MR) is 265 cm³/mol. The molecule has 14 atom stereocenters. The molecule has 1 aromatic rings. The topological polar surface area (TPSA) is 267 Å². The molecule has 1 aromatic carbocycles. The number of carbonyl (C=O) groups excluding carboxylic acids is 3. The van der Waals surface area contributed by atoms with Crippen LogP contribution in [0.3, 0.4) is 0 Å². The van der Waals surface area contributed by atoms with Crippen LogP contribution in [0.1, 0.15) is 111 Å². The summed E-state index contributed by atoms with van der Waals surface area (Å²) in [6.45, 7) is 18.0. The highest BCUT2D eigenvalue weighted by Gasteiger charge is 2.53. The highest BCUT2D eigenvalue weighted by atomic mass is 35.5. The van der Waals surface area contributed by atoms with Crippen molar-refractivity contribution in [3.63, 3.8) is 0 Å². The monoisotopic (exact) mass is 1060 g/mol. The lowest BCUT2D eigenvalue weighted by atomic mass is 9.88. The number of carbonyl (C=O) groups is 3. The Bertz CT molecular complexity index is 2220. The number of halogens is 2. The summed E-state index contributed by atoms with van der Waals surface area (Å²) in [5.74, 6) is -4.88. The van der Waals surface area contributed by atoms with E-state index in [2.05, 4.69) is 0 Å². The molecule has 404 valence electrons. The van der Waals surface area contributed by atoms with E-state index in [1.54, 1.807) is 53.7 Å². The summed E-state index contributed by atoms with van der Waals surface area (Å²) in [5.41, 5.74) is 0.283. The van der Waals surface area contributed by atoms with Crippen molar-refractivity contribution in [2.24, 2.45) is 11.8 Å². The number of phenolic OH excluding ortho intramolecular Hbond substituents is 2. The van der Waals surface area contributed by atoms with E-state index < -0.39 is 144 Å². The number of aliphatic hydroxyl groups excluding tert-OH is 5. The van der Waals surface area contributed by atoms with E-state index in [9.17, 15) is 50.1 Å². The summed E-state index contributed by atoms with van der Waals surface area (Å²) in [4.78, 5) is 40.1. The van der Waals surface area contributed by atoms with Crippen LogP contribution in [0.4, 0.5) is 0 Å². The number of allylic oxidation sites excluding steroid dienone is 4. The molecule has 0 saturated carbocycles. The van der Waals surface area contributed by atoms with Gasteiger partial charge in [0.15, 0.2) is 36.3 Å². The van der Waals surface area contributed by atoms with Crippen LogP contribution in [0, 0.1) is 11.8 Å². The first-order valence-electron chi connectivity index (χ1n) is 24.2. The number of benzene rings is 1. The molecule has 3 aliphatic rings. The molecule has 18 nitrogen and oxygen atoms in total. The number of hydrogen-bond acceptors (Lipinski definition) is 18. The zero-order chi connectivity index (χ0) is 54.1. The largest absolute Gasteiger partial charge is 0.505 e. The van der Waals surface area contributed by atoms with Gasteiger partial charge in [0.25, 0.3) is 0 Å². The molecule has 0 spiro atoms. The molecule has 3 aliphatic heterocycles. The minimum Gasteiger partial charge on any atom is -0.505 e. The van der Waals surface area contributed by atoms with Gasteiger partial charge in [0.1, 0.15) is 41.1 Å². The van der Waals surface area contributed by atoms with Crippen LogP contribution in [-0.2, 0) is 53.9 Å². The number of hydrogen-bond donors (Lipinski definition) is 7. The van der Waals surface area contributed by atoms with Gasteiger partial charge in [-0.25, -0.2) is 9.59 Å². The first-order chi connectivity index (χ1) is 33.7. The summed E-state index contributed by atoms with van der Waals surface area (Å²) in [6, 6.07) is 0. The fourth-order valence-electron chi connectivity index (χ4n) is 8.52. The van der Waals surface area contributed by atoms with Crippen molar-refractivity contribution in [3.8, 4) is 11.5 Å². The molecule has 3 heterocycles. The Labute approximate surface area is 431 Å². The Morgan fingerprint density at radius 1 is 0.903 bits per heavy atom. The van der Waals surface area contributed by atoms with Crippen LogP contribution in [-0.4, -0.2) is 153 Å². The summed E-state index contributed by atoms with van der Waals surface area (Å²) >= 11 is 12.3.